The Bertz CT molecular complexity index is 3950. The highest BCUT2D eigenvalue weighted by atomic mass is 35.6. The van der Waals surface area contributed by atoms with Gasteiger partial charge in [0.05, 0.1) is 44.8 Å². The van der Waals surface area contributed by atoms with Gasteiger partial charge in [-0.2, -0.15) is 0 Å². The van der Waals surface area contributed by atoms with E-state index >= 15 is 0 Å². The number of alkyl halides is 3. The second kappa shape index (κ2) is 34.2. The number of hydrogen-bond acceptors (Lipinski definition) is 20. The number of nitrogens with zero attached hydrogens (tertiary/aromatic N) is 6. The molecule has 2 aromatic carbocycles. The maximum absolute atomic E-state index is 13.9. The van der Waals surface area contributed by atoms with Gasteiger partial charge in [-0.05, 0) is 114 Å². The van der Waals surface area contributed by atoms with E-state index in [2.05, 4.69) is 36.4 Å². The number of halogens is 3. The first-order valence-electron chi connectivity index (χ1n) is 33.1. The number of esters is 3. The molecule has 27 heteroatoms. The van der Waals surface area contributed by atoms with E-state index in [9.17, 15) is 43.2 Å². The summed E-state index contributed by atoms with van der Waals surface area (Å²) in [4.78, 5) is 138. The van der Waals surface area contributed by atoms with Crippen molar-refractivity contribution in [3.05, 3.63) is 128 Å². The molecule has 4 aromatic heterocycles. The van der Waals surface area contributed by atoms with Gasteiger partial charge in [-0.15, -0.1) is 22.7 Å². The van der Waals surface area contributed by atoms with Crippen LogP contribution in [-0.4, -0.2) is 131 Å². The lowest BCUT2D eigenvalue weighted by atomic mass is 9.79. The van der Waals surface area contributed by atoms with Gasteiger partial charge in [0.1, 0.15) is 54.5 Å². The number of cyclic esters (lactones) is 1. The predicted molar refractivity (Wildman–Crippen MR) is 382 cm³/mol. The van der Waals surface area contributed by atoms with Gasteiger partial charge < -0.3 is 24.8 Å². The van der Waals surface area contributed by atoms with E-state index in [-0.39, 0.29) is 73.4 Å². The lowest BCUT2D eigenvalue weighted by molar-refractivity contribution is -0.157. The summed E-state index contributed by atoms with van der Waals surface area (Å²) in [6.07, 6.45) is 8.48. The molecule has 4 N–H and O–H groups in total. The van der Waals surface area contributed by atoms with E-state index in [4.69, 9.17) is 54.0 Å². The summed E-state index contributed by atoms with van der Waals surface area (Å²) in [5.41, 5.74) is 13.1. The fourth-order valence-electron chi connectivity index (χ4n) is 11.5. The zero-order chi connectivity index (χ0) is 72.1. The SMILES string of the molecule is CC(=O)O[C@H](C)c1ccc2ccc(/C=C/C(C)(C)C(=O)C[C@H](C(=O)N[C@@H](Cc3cscn3)C(=O)N3CCC[C@@H](C(=O)OCC(Cl)(Cl)Cl)N3)C(C)C)cc2n1.CC(C)[C@@H]1CC(=O)C(C)(C)/C=C/c2ccc3ccc(nc3c2)[C@@H](C)OC(=O)[C@@H]2CCCN(N2)C(=O)[C@H](Cc2cscn2)NC1=O. The van der Waals surface area contributed by atoms with Crippen LogP contribution in [0.3, 0.4) is 0 Å². The molecule has 6 aromatic rings. The van der Waals surface area contributed by atoms with Crippen LogP contribution in [0.15, 0.2) is 94.6 Å². The van der Waals surface area contributed by atoms with E-state index in [1.54, 1.807) is 44.1 Å². The van der Waals surface area contributed by atoms with Crippen LogP contribution in [0.5, 0.6) is 0 Å². The molecule has 3 aliphatic heterocycles. The van der Waals surface area contributed by atoms with Crippen molar-refractivity contribution in [2.45, 2.75) is 168 Å². The summed E-state index contributed by atoms with van der Waals surface area (Å²) in [6.45, 7) is 19.9. The topological polar surface area (TPSA) is 287 Å². The quantitative estimate of drug-likeness (QED) is 0.0353. The number of nitrogens with one attached hydrogen (secondary N) is 4. The number of thiazole rings is 2. The molecule has 4 amide bonds. The first-order valence-corrected chi connectivity index (χ1v) is 36.1. The smallest absolute Gasteiger partial charge is 0.325 e. The maximum Gasteiger partial charge on any atom is 0.325 e. The summed E-state index contributed by atoms with van der Waals surface area (Å²) in [7, 11) is 0. The predicted octanol–water partition coefficient (Wildman–Crippen LogP) is 11.5. The Balaban J connectivity index is 0.000000256. The molecule has 99 heavy (non-hydrogen) atoms. The lowest BCUT2D eigenvalue weighted by Crippen LogP contribution is -2.61. The highest BCUT2D eigenvalue weighted by Crippen LogP contribution is 2.32. The number of hydrazine groups is 2. The molecule has 2 fully saturated rings. The van der Waals surface area contributed by atoms with Crippen LogP contribution in [0.2, 0.25) is 0 Å². The third kappa shape index (κ3) is 21.7. The second-order valence-electron chi connectivity index (χ2n) is 27.1. The molecular formula is C72H87Cl3N10O12S2. The Labute approximate surface area is 600 Å². The number of carbonyl (C=O) groups excluding carboxylic acids is 9. The van der Waals surface area contributed by atoms with E-state index in [1.165, 1.54) is 39.6 Å². The van der Waals surface area contributed by atoms with E-state index in [0.29, 0.717) is 60.5 Å². The summed E-state index contributed by atoms with van der Waals surface area (Å²) >= 11 is 19.9. The van der Waals surface area contributed by atoms with Crippen molar-refractivity contribution in [3.8, 4) is 0 Å². The number of Topliss-reactive ketones (excluding diaryl/α,β-unsaturated/α-hetero) is 2. The van der Waals surface area contributed by atoms with E-state index < -0.39 is 93.2 Å². The minimum atomic E-state index is -1.78. The molecule has 0 radical (unpaired) electrons. The minimum absolute atomic E-state index is 0.0227. The Hall–Kier alpha value is -7.58. The summed E-state index contributed by atoms with van der Waals surface area (Å²) in [5.74, 6) is -5.20. The minimum Gasteiger partial charge on any atom is -0.460 e. The number of ketones is 2. The molecule has 7 heterocycles. The van der Waals surface area contributed by atoms with Crippen molar-refractivity contribution in [1.29, 1.82) is 0 Å². The highest BCUT2D eigenvalue weighted by Gasteiger charge is 2.40. The van der Waals surface area contributed by atoms with Gasteiger partial charge in [-0.25, -0.2) is 30.8 Å². The first-order chi connectivity index (χ1) is 46.7. The van der Waals surface area contributed by atoms with Crippen LogP contribution in [-0.2, 0) is 70.2 Å². The van der Waals surface area contributed by atoms with Crippen molar-refractivity contribution in [3.63, 3.8) is 0 Å². The summed E-state index contributed by atoms with van der Waals surface area (Å²) in [5, 5.41) is 14.0. The largest absolute Gasteiger partial charge is 0.460 e. The summed E-state index contributed by atoms with van der Waals surface area (Å²) < 4.78 is 14.5. The molecule has 5 bridgehead atoms. The standard InChI is InChI=1S/C38H46Cl3N5O7S.C34H41N5O5S/c1-22(2)28(18-33(48)37(5,6)14-13-25-9-10-26-11-12-29(43-31(26)16-25)23(3)53-24(4)47)34(49)44-32(17-27-19-54-21-42-27)35(50)46-15-7-8-30(45-46)36(51)52-20-38(39,40)41;1-20(2)25-17-30(40)34(4,5)13-12-22-8-9-23-10-11-26(36-28(23)15-22)21(3)44-33(43)27-7-6-14-39(38-27)32(42)29(37-31(25)41)16-24-18-45-19-35-24/h9-14,16,19,21-23,28,30,32,45H,7-8,15,17-18,20H2,1-6H3,(H,44,49);8-13,15,18-21,25,27,29,38H,6-7,14,16-17H2,1-5H3,(H,37,41)/b14-13+;13-12+/t23-,28+,30+,32+;21-,25+,27+,29+/m11/s1. The monoisotopic (exact) mass is 1450 g/mol. The number of fused-ring (bicyclic) bond motifs is 5. The van der Waals surface area contributed by atoms with Crippen LogP contribution in [0.4, 0.5) is 0 Å². The number of pyridine rings is 2. The average Bonchev–Trinajstić information content (AvgIpc) is 1.08. The van der Waals surface area contributed by atoms with Crippen molar-refractivity contribution < 1.29 is 57.4 Å². The van der Waals surface area contributed by atoms with Crippen LogP contribution >= 0.6 is 57.5 Å². The zero-order valence-electron chi connectivity index (χ0n) is 57.5. The third-order valence-corrected chi connectivity index (χ3v) is 19.3. The van der Waals surface area contributed by atoms with Gasteiger partial charge in [-0.3, -0.25) is 53.2 Å². The maximum atomic E-state index is 13.9. The average molecular weight is 1460 g/mol. The molecule has 3 aliphatic rings. The van der Waals surface area contributed by atoms with Crippen LogP contribution < -0.4 is 21.5 Å². The van der Waals surface area contributed by atoms with Crippen LogP contribution in [0.1, 0.15) is 161 Å². The fraction of sp³-hybridized carbons (Fsp3) is 0.486. The third-order valence-electron chi connectivity index (χ3n) is 17.7. The van der Waals surface area contributed by atoms with Crippen molar-refractivity contribution >= 4 is 145 Å². The first kappa shape index (κ1) is 77.2. The second-order valence-corrected chi connectivity index (χ2v) is 31.1. The highest BCUT2D eigenvalue weighted by molar-refractivity contribution is 7.07. The number of ether oxygens (including phenoxy) is 3. The Kier molecular flexibility index (Phi) is 26.6. The number of aromatic nitrogens is 4. The van der Waals surface area contributed by atoms with Gasteiger partial charge >= 0.3 is 17.9 Å². The normalized spacial score (nSPS) is 20.9. The van der Waals surface area contributed by atoms with Crippen molar-refractivity contribution in [2.75, 3.05) is 19.7 Å². The Morgan fingerprint density at radius 3 is 2.18 bits per heavy atom. The van der Waals surface area contributed by atoms with Crippen LogP contribution in [0.25, 0.3) is 34.0 Å². The Morgan fingerprint density at radius 2 is 1.52 bits per heavy atom. The van der Waals surface area contributed by atoms with Gasteiger partial charge in [-0.1, -0.05) is 123 Å². The van der Waals surface area contributed by atoms with Gasteiger partial charge in [0.15, 0.2) is 0 Å². The van der Waals surface area contributed by atoms with Gasteiger partial charge in [0.2, 0.25) is 15.6 Å². The fourth-order valence-corrected chi connectivity index (χ4v) is 12.8. The molecular weight excluding hydrogens is 1370 g/mol. The lowest BCUT2D eigenvalue weighted by Gasteiger charge is -2.35. The van der Waals surface area contributed by atoms with Crippen LogP contribution in [0, 0.1) is 34.5 Å². The molecule has 8 atom stereocenters. The number of rotatable bonds is 18. The molecule has 0 aliphatic carbocycles. The van der Waals surface area contributed by atoms with E-state index in [0.717, 1.165) is 27.4 Å². The van der Waals surface area contributed by atoms with Crippen molar-refractivity contribution in [2.24, 2.45) is 34.5 Å². The molecule has 530 valence electrons. The van der Waals surface area contributed by atoms with Gasteiger partial charge in [0, 0.05) is 89.9 Å². The molecule has 0 saturated carbocycles. The summed E-state index contributed by atoms with van der Waals surface area (Å²) in [6, 6.07) is 15.5. The Morgan fingerprint density at radius 1 is 0.848 bits per heavy atom. The number of hydrogen-bond donors (Lipinski definition) is 4. The number of benzene rings is 2. The van der Waals surface area contributed by atoms with Gasteiger partial charge in [0.25, 0.3) is 11.8 Å². The number of carbonyl (C=O) groups is 9. The molecule has 0 spiro atoms. The molecule has 9 rings (SSSR count). The molecule has 22 nitrogen and oxygen atoms in total. The number of allylic oxidation sites excluding steroid dienone is 2. The molecule has 2 saturated heterocycles. The number of amides is 4. The van der Waals surface area contributed by atoms with Crippen molar-refractivity contribution in [1.82, 2.24) is 51.4 Å². The molecule has 0 unspecified atom stereocenters. The van der Waals surface area contributed by atoms with E-state index in [1.807, 2.05) is 132 Å². The zero-order valence-corrected chi connectivity index (χ0v) is 61.4.